The molecule has 2 N–H and O–H groups in total. The van der Waals surface area contributed by atoms with Crippen LogP contribution in [0.3, 0.4) is 0 Å². The van der Waals surface area contributed by atoms with Crippen molar-refractivity contribution in [1.82, 2.24) is 4.90 Å². The summed E-state index contributed by atoms with van der Waals surface area (Å²) in [5.74, 6) is -2.64. The van der Waals surface area contributed by atoms with Crippen molar-refractivity contribution in [2.75, 3.05) is 11.9 Å². The second-order valence-corrected chi connectivity index (χ2v) is 5.22. The third kappa shape index (κ3) is 2.90. The Bertz CT molecular complexity index is 568. The lowest BCUT2D eigenvalue weighted by molar-refractivity contribution is -0.141. The first-order valence-corrected chi connectivity index (χ1v) is 6.64. The van der Waals surface area contributed by atoms with E-state index in [1.54, 1.807) is 0 Å². The molecule has 20 heavy (non-hydrogen) atoms. The van der Waals surface area contributed by atoms with Gasteiger partial charge in [-0.25, -0.2) is 18.4 Å². The molecule has 108 valence electrons. The number of benzene rings is 1. The lowest BCUT2D eigenvalue weighted by Gasteiger charge is -2.22. The lowest BCUT2D eigenvalue weighted by atomic mass is 10.2. The molecule has 1 unspecified atom stereocenters. The molecule has 1 saturated heterocycles. The Balaban J connectivity index is 2.16. The number of rotatable bonds is 2. The average Bonchev–Trinajstić information content (AvgIpc) is 2.85. The number of hydrogen-bond donors (Lipinski definition) is 2. The molecular formula is C12H11BrF2N2O3. The Labute approximate surface area is 121 Å². The number of anilines is 1. The van der Waals surface area contributed by atoms with Gasteiger partial charge in [-0.1, -0.05) is 0 Å². The molecule has 0 aliphatic carbocycles. The zero-order valence-corrected chi connectivity index (χ0v) is 11.8. The number of carbonyl (C=O) groups is 2. The van der Waals surface area contributed by atoms with E-state index < -0.39 is 29.7 Å². The summed E-state index contributed by atoms with van der Waals surface area (Å²) in [7, 11) is 0. The molecule has 1 fully saturated rings. The summed E-state index contributed by atoms with van der Waals surface area (Å²) >= 11 is 2.83. The predicted molar refractivity (Wildman–Crippen MR) is 70.4 cm³/mol. The molecule has 0 saturated carbocycles. The van der Waals surface area contributed by atoms with E-state index in [4.69, 9.17) is 5.11 Å². The van der Waals surface area contributed by atoms with Crippen molar-refractivity contribution < 1.29 is 23.5 Å². The molecule has 8 heteroatoms. The van der Waals surface area contributed by atoms with Crippen molar-refractivity contribution in [2.45, 2.75) is 18.9 Å². The van der Waals surface area contributed by atoms with E-state index in [1.165, 1.54) is 0 Å². The highest BCUT2D eigenvalue weighted by Crippen LogP contribution is 2.25. The molecule has 1 atom stereocenters. The van der Waals surface area contributed by atoms with Gasteiger partial charge in [0.1, 0.15) is 17.7 Å². The summed E-state index contributed by atoms with van der Waals surface area (Å²) in [5, 5.41) is 11.2. The Morgan fingerprint density at radius 1 is 1.35 bits per heavy atom. The fourth-order valence-corrected chi connectivity index (χ4v) is 2.39. The van der Waals surface area contributed by atoms with Crippen LogP contribution in [-0.4, -0.2) is 34.6 Å². The second kappa shape index (κ2) is 5.74. The quantitative estimate of drug-likeness (QED) is 0.807. The van der Waals surface area contributed by atoms with Gasteiger partial charge in [-0.2, -0.15) is 0 Å². The zero-order valence-electron chi connectivity index (χ0n) is 10.2. The minimum absolute atomic E-state index is 0.0578. The monoisotopic (exact) mass is 348 g/mol. The summed E-state index contributed by atoms with van der Waals surface area (Å²) in [4.78, 5) is 24.0. The smallest absolute Gasteiger partial charge is 0.326 e. The van der Waals surface area contributed by atoms with Crippen LogP contribution in [0, 0.1) is 11.6 Å². The van der Waals surface area contributed by atoms with Crippen molar-refractivity contribution in [3.63, 3.8) is 0 Å². The number of urea groups is 1. The molecule has 0 aromatic heterocycles. The Hall–Kier alpha value is -1.70. The molecule has 0 spiro atoms. The van der Waals surface area contributed by atoms with Gasteiger partial charge in [-0.3, -0.25) is 0 Å². The fourth-order valence-electron chi connectivity index (χ4n) is 2.07. The van der Waals surface area contributed by atoms with E-state index in [9.17, 15) is 18.4 Å². The number of aliphatic carboxylic acids is 1. The standard InChI is InChI=1S/C12H11BrF2N2O3/c13-6-4-8(15)9(5-7(6)14)16-12(20)17-3-1-2-10(17)11(18)19/h4-5,10H,1-3H2,(H,16,20)(H,18,19). The van der Waals surface area contributed by atoms with Gasteiger partial charge in [0.25, 0.3) is 0 Å². The van der Waals surface area contributed by atoms with Crippen molar-refractivity contribution in [2.24, 2.45) is 0 Å². The summed E-state index contributed by atoms with van der Waals surface area (Å²) in [5.41, 5.74) is -0.327. The Morgan fingerprint density at radius 3 is 2.70 bits per heavy atom. The summed E-state index contributed by atoms with van der Waals surface area (Å²) < 4.78 is 26.8. The van der Waals surface area contributed by atoms with Crippen LogP contribution in [0.4, 0.5) is 19.3 Å². The van der Waals surface area contributed by atoms with Crippen LogP contribution in [0.2, 0.25) is 0 Å². The van der Waals surface area contributed by atoms with Gasteiger partial charge in [-0.15, -0.1) is 0 Å². The van der Waals surface area contributed by atoms with Crippen molar-refractivity contribution in [1.29, 1.82) is 0 Å². The van der Waals surface area contributed by atoms with E-state index >= 15 is 0 Å². The minimum Gasteiger partial charge on any atom is -0.480 e. The number of carboxylic acids is 1. The van der Waals surface area contributed by atoms with E-state index in [2.05, 4.69) is 21.2 Å². The zero-order chi connectivity index (χ0) is 14.9. The molecular weight excluding hydrogens is 338 g/mol. The molecule has 1 aliphatic heterocycles. The normalized spacial score (nSPS) is 18.1. The number of likely N-dealkylation sites (tertiary alicyclic amines) is 1. The Morgan fingerprint density at radius 2 is 2.05 bits per heavy atom. The molecule has 2 amide bonds. The maximum absolute atomic E-state index is 13.6. The van der Waals surface area contributed by atoms with Crippen molar-refractivity contribution in [3.05, 3.63) is 28.2 Å². The Kier molecular flexibility index (Phi) is 4.22. The molecule has 0 radical (unpaired) electrons. The van der Waals surface area contributed by atoms with E-state index in [0.717, 1.165) is 17.0 Å². The minimum atomic E-state index is -1.11. The highest BCUT2D eigenvalue weighted by molar-refractivity contribution is 9.10. The van der Waals surface area contributed by atoms with E-state index in [0.29, 0.717) is 12.8 Å². The van der Waals surface area contributed by atoms with Crippen LogP contribution in [0.15, 0.2) is 16.6 Å². The number of nitrogens with one attached hydrogen (secondary N) is 1. The second-order valence-electron chi connectivity index (χ2n) is 4.37. The van der Waals surface area contributed by atoms with E-state index in [-0.39, 0.29) is 16.7 Å². The lowest BCUT2D eigenvalue weighted by Crippen LogP contribution is -2.42. The fraction of sp³-hybridized carbons (Fsp3) is 0.333. The first-order chi connectivity index (χ1) is 9.40. The molecule has 1 aromatic carbocycles. The summed E-state index contributed by atoms with van der Waals surface area (Å²) in [6, 6.07) is 0.0427. The van der Waals surface area contributed by atoms with Gasteiger partial charge in [0, 0.05) is 12.6 Å². The van der Waals surface area contributed by atoms with Gasteiger partial charge >= 0.3 is 12.0 Å². The van der Waals surface area contributed by atoms with Gasteiger partial charge < -0.3 is 15.3 Å². The van der Waals surface area contributed by atoms with Gasteiger partial charge in [-0.05, 0) is 34.8 Å². The highest BCUT2D eigenvalue weighted by atomic mass is 79.9. The van der Waals surface area contributed by atoms with Crippen LogP contribution in [-0.2, 0) is 4.79 Å². The van der Waals surface area contributed by atoms with E-state index in [1.807, 2.05) is 0 Å². The first kappa shape index (κ1) is 14.7. The maximum Gasteiger partial charge on any atom is 0.326 e. The third-order valence-corrected chi connectivity index (χ3v) is 3.66. The van der Waals surface area contributed by atoms with Crippen molar-refractivity contribution in [3.8, 4) is 0 Å². The number of amides is 2. The number of halogens is 3. The first-order valence-electron chi connectivity index (χ1n) is 5.85. The van der Waals surface area contributed by atoms with Gasteiger partial charge in [0.05, 0.1) is 10.2 Å². The van der Waals surface area contributed by atoms with Gasteiger partial charge in [0.15, 0.2) is 0 Å². The largest absolute Gasteiger partial charge is 0.480 e. The third-order valence-electron chi connectivity index (χ3n) is 3.05. The molecule has 1 heterocycles. The topological polar surface area (TPSA) is 69.6 Å². The van der Waals surface area contributed by atoms with Crippen LogP contribution < -0.4 is 5.32 Å². The molecule has 2 rings (SSSR count). The number of hydrogen-bond acceptors (Lipinski definition) is 2. The van der Waals surface area contributed by atoms with Crippen molar-refractivity contribution >= 4 is 33.6 Å². The van der Waals surface area contributed by atoms with Crippen LogP contribution in [0.5, 0.6) is 0 Å². The maximum atomic E-state index is 13.6. The summed E-state index contributed by atoms with van der Waals surface area (Å²) in [6.07, 6.45) is 0.904. The predicted octanol–water partition coefficient (Wildman–Crippen LogP) is 2.81. The summed E-state index contributed by atoms with van der Waals surface area (Å²) in [6.45, 7) is 0.267. The number of nitrogens with zero attached hydrogens (tertiary/aromatic N) is 1. The highest BCUT2D eigenvalue weighted by Gasteiger charge is 2.34. The molecule has 5 nitrogen and oxygen atoms in total. The number of carboxylic acid groups (broad SMARTS) is 1. The average molecular weight is 349 g/mol. The molecule has 0 bridgehead atoms. The van der Waals surface area contributed by atoms with Crippen LogP contribution in [0.25, 0.3) is 0 Å². The SMILES string of the molecule is O=C(O)C1CCCN1C(=O)Nc1cc(F)c(Br)cc1F. The van der Waals surface area contributed by atoms with Crippen LogP contribution in [0.1, 0.15) is 12.8 Å². The van der Waals surface area contributed by atoms with Gasteiger partial charge in [0.2, 0.25) is 0 Å². The molecule has 1 aromatic rings. The number of carbonyl (C=O) groups excluding carboxylic acids is 1. The van der Waals surface area contributed by atoms with Crippen LogP contribution >= 0.6 is 15.9 Å². The molecule has 1 aliphatic rings.